The van der Waals surface area contributed by atoms with E-state index in [0.717, 1.165) is 24.6 Å². The van der Waals surface area contributed by atoms with Crippen LogP contribution in [0.4, 0.5) is 14.5 Å². The molecule has 0 atom stereocenters. The number of aryl methyl sites for hydroxylation is 2. The van der Waals surface area contributed by atoms with Gasteiger partial charge in [-0.15, -0.1) is 0 Å². The molecule has 6 heteroatoms. The summed E-state index contributed by atoms with van der Waals surface area (Å²) < 4.78 is 33.6. The third-order valence-electron chi connectivity index (χ3n) is 2.66. The van der Waals surface area contributed by atoms with Gasteiger partial charge in [0.1, 0.15) is 11.5 Å². The number of aromatic nitrogens is 2. The topological polar surface area (TPSA) is 53.1 Å². The van der Waals surface area contributed by atoms with E-state index in [4.69, 9.17) is 10.5 Å². The molecule has 0 unspecified atom stereocenters. The van der Waals surface area contributed by atoms with Gasteiger partial charge in [-0.25, -0.2) is 13.5 Å². The molecule has 0 saturated heterocycles. The fraction of sp³-hybridized carbons (Fsp3) is 0.308. The Labute approximate surface area is 109 Å². The van der Waals surface area contributed by atoms with Crippen molar-refractivity contribution >= 4 is 5.69 Å². The summed E-state index contributed by atoms with van der Waals surface area (Å²) in [6, 6.07) is 3.02. The minimum atomic E-state index is -0.650. The lowest BCUT2D eigenvalue weighted by Gasteiger charge is -2.09. The van der Waals surface area contributed by atoms with Crippen LogP contribution in [0.2, 0.25) is 0 Å². The summed E-state index contributed by atoms with van der Waals surface area (Å²) in [5, 5.41) is 4.20. The number of benzene rings is 1. The highest BCUT2D eigenvalue weighted by molar-refractivity contribution is 5.54. The van der Waals surface area contributed by atoms with Crippen molar-refractivity contribution in [3.8, 4) is 11.6 Å². The predicted octanol–water partition coefficient (Wildman–Crippen LogP) is 3.25. The van der Waals surface area contributed by atoms with Gasteiger partial charge in [0.2, 0.25) is 5.88 Å². The number of nitrogens with two attached hydrogens (primary N) is 1. The monoisotopic (exact) mass is 267 g/mol. The van der Waals surface area contributed by atoms with Crippen LogP contribution in [0.15, 0.2) is 18.2 Å². The molecule has 4 nitrogen and oxygen atoms in total. The van der Waals surface area contributed by atoms with Gasteiger partial charge in [-0.05, 0) is 25.5 Å². The maximum atomic E-state index is 13.5. The van der Waals surface area contributed by atoms with Gasteiger partial charge in [-0.3, -0.25) is 0 Å². The number of hydrogen-bond acceptors (Lipinski definition) is 3. The van der Waals surface area contributed by atoms with Gasteiger partial charge in [0.25, 0.3) is 0 Å². The number of nitrogens with zero attached hydrogens (tertiary/aromatic N) is 2. The average Bonchev–Trinajstić information content (AvgIpc) is 2.62. The van der Waals surface area contributed by atoms with E-state index in [2.05, 4.69) is 5.10 Å². The first kappa shape index (κ1) is 13.3. The third kappa shape index (κ3) is 2.67. The Kier molecular flexibility index (Phi) is 3.69. The first-order valence-electron chi connectivity index (χ1n) is 5.98. The predicted molar refractivity (Wildman–Crippen MR) is 68.1 cm³/mol. The largest absolute Gasteiger partial charge is 0.434 e. The van der Waals surface area contributed by atoms with Crippen molar-refractivity contribution in [2.75, 3.05) is 5.73 Å². The highest BCUT2D eigenvalue weighted by Crippen LogP contribution is 2.31. The van der Waals surface area contributed by atoms with Crippen molar-refractivity contribution in [1.29, 1.82) is 0 Å². The first-order valence-corrected chi connectivity index (χ1v) is 5.98. The molecule has 0 spiro atoms. The summed E-state index contributed by atoms with van der Waals surface area (Å²) in [4.78, 5) is 0. The summed E-state index contributed by atoms with van der Waals surface area (Å²) in [5.74, 6) is -1.19. The van der Waals surface area contributed by atoms with Gasteiger partial charge in [0.15, 0.2) is 11.6 Å². The molecule has 2 rings (SSSR count). The number of ether oxygens (including phenoxy) is 1. The molecule has 102 valence electrons. The Balaban J connectivity index is 2.39. The lowest BCUT2D eigenvalue weighted by Crippen LogP contribution is -2.03. The summed E-state index contributed by atoms with van der Waals surface area (Å²) in [6.45, 7) is 4.29. The van der Waals surface area contributed by atoms with Gasteiger partial charge >= 0.3 is 0 Å². The second-order valence-electron chi connectivity index (χ2n) is 4.20. The zero-order valence-electron chi connectivity index (χ0n) is 10.8. The summed E-state index contributed by atoms with van der Waals surface area (Å²) >= 11 is 0. The van der Waals surface area contributed by atoms with Gasteiger partial charge < -0.3 is 10.5 Å². The Morgan fingerprint density at radius 2 is 2.11 bits per heavy atom. The second-order valence-corrected chi connectivity index (χ2v) is 4.20. The Hall–Kier alpha value is -2.11. The lowest BCUT2D eigenvalue weighted by molar-refractivity contribution is 0.386. The molecule has 1 aromatic heterocycles. The van der Waals surface area contributed by atoms with Crippen LogP contribution in [-0.4, -0.2) is 9.78 Å². The first-order chi connectivity index (χ1) is 9.02. The summed E-state index contributed by atoms with van der Waals surface area (Å²) in [5.41, 5.74) is 6.77. The zero-order valence-corrected chi connectivity index (χ0v) is 10.8. The van der Waals surface area contributed by atoms with E-state index in [1.54, 1.807) is 11.6 Å². The van der Waals surface area contributed by atoms with Crippen LogP contribution in [0.3, 0.4) is 0 Å². The number of rotatable bonds is 4. The van der Waals surface area contributed by atoms with Crippen molar-refractivity contribution in [2.24, 2.45) is 0 Å². The van der Waals surface area contributed by atoms with Crippen molar-refractivity contribution < 1.29 is 13.5 Å². The van der Waals surface area contributed by atoms with Crippen LogP contribution in [0.5, 0.6) is 11.6 Å². The van der Waals surface area contributed by atoms with Crippen molar-refractivity contribution in [3.63, 3.8) is 0 Å². The Bertz CT molecular complexity index is 596. The van der Waals surface area contributed by atoms with E-state index in [9.17, 15) is 8.78 Å². The lowest BCUT2D eigenvalue weighted by atomic mass is 10.3. The average molecular weight is 267 g/mol. The van der Waals surface area contributed by atoms with E-state index in [1.807, 2.05) is 6.92 Å². The molecule has 1 aromatic carbocycles. The number of hydrogen-bond donors (Lipinski definition) is 1. The fourth-order valence-electron chi connectivity index (χ4n) is 1.70. The van der Waals surface area contributed by atoms with Crippen LogP contribution < -0.4 is 10.5 Å². The maximum Gasteiger partial charge on any atom is 0.241 e. The molecule has 1 heterocycles. The molecule has 0 bridgehead atoms. The van der Waals surface area contributed by atoms with Crippen LogP contribution in [0.25, 0.3) is 0 Å². The summed E-state index contributed by atoms with van der Waals surface area (Å²) in [7, 11) is 0. The zero-order chi connectivity index (χ0) is 14.0. The maximum absolute atomic E-state index is 13.5. The van der Waals surface area contributed by atoms with E-state index in [1.165, 1.54) is 0 Å². The molecule has 0 radical (unpaired) electrons. The molecular formula is C13H15F2N3O. The van der Waals surface area contributed by atoms with Gasteiger partial charge in [-0.2, -0.15) is 5.10 Å². The fourth-order valence-corrected chi connectivity index (χ4v) is 1.70. The SMILES string of the molecule is CCCn1nc(C)c(N)c1Oc1cc(F)ccc1F. The molecule has 0 aliphatic rings. The standard InChI is InChI=1S/C13H15F2N3O/c1-3-6-18-13(12(16)8(2)17-18)19-11-7-9(14)4-5-10(11)15/h4-5,7H,3,6,16H2,1-2H3. The third-order valence-corrected chi connectivity index (χ3v) is 2.66. The second kappa shape index (κ2) is 5.26. The van der Waals surface area contributed by atoms with Crippen molar-refractivity contribution in [3.05, 3.63) is 35.5 Å². The van der Waals surface area contributed by atoms with Crippen LogP contribution in [-0.2, 0) is 6.54 Å². The smallest absolute Gasteiger partial charge is 0.241 e. The van der Waals surface area contributed by atoms with Crippen LogP contribution >= 0.6 is 0 Å². The normalized spacial score (nSPS) is 10.7. The number of nitrogen functional groups attached to an aromatic ring is 1. The Morgan fingerprint density at radius 3 is 2.79 bits per heavy atom. The molecule has 0 aliphatic heterocycles. The van der Waals surface area contributed by atoms with Crippen LogP contribution in [0, 0.1) is 18.6 Å². The highest BCUT2D eigenvalue weighted by atomic mass is 19.1. The van der Waals surface area contributed by atoms with Gasteiger partial charge in [-0.1, -0.05) is 6.92 Å². The molecular weight excluding hydrogens is 252 g/mol. The number of halogens is 2. The highest BCUT2D eigenvalue weighted by Gasteiger charge is 2.16. The Morgan fingerprint density at radius 1 is 1.37 bits per heavy atom. The minimum absolute atomic E-state index is 0.205. The van der Waals surface area contributed by atoms with Crippen molar-refractivity contribution in [1.82, 2.24) is 9.78 Å². The van der Waals surface area contributed by atoms with E-state index < -0.39 is 11.6 Å². The van der Waals surface area contributed by atoms with Crippen molar-refractivity contribution in [2.45, 2.75) is 26.8 Å². The molecule has 0 saturated carbocycles. The molecule has 2 aromatic rings. The van der Waals surface area contributed by atoms with E-state index in [-0.39, 0.29) is 11.6 Å². The quantitative estimate of drug-likeness (QED) is 0.925. The minimum Gasteiger partial charge on any atom is -0.434 e. The van der Waals surface area contributed by atoms with E-state index in [0.29, 0.717) is 17.9 Å². The summed E-state index contributed by atoms with van der Waals surface area (Å²) in [6.07, 6.45) is 0.822. The molecule has 19 heavy (non-hydrogen) atoms. The molecule has 0 fully saturated rings. The molecule has 0 aliphatic carbocycles. The van der Waals surface area contributed by atoms with Crippen LogP contribution in [0.1, 0.15) is 19.0 Å². The molecule has 2 N–H and O–H groups in total. The van der Waals surface area contributed by atoms with Gasteiger partial charge in [0.05, 0.1) is 5.69 Å². The van der Waals surface area contributed by atoms with Gasteiger partial charge in [0, 0.05) is 12.6 Å². The molecule has 0 amide bonds. The number of anilines is 1. The van der Waals surface area contributed by atoms with E-state index >= 15 is 0 Å².